The van der Waals surface area contributed by atoms with Gasteiger partial charge in [-0.3, -0.25) is 4.21 Å². The fraction of sp³-hybridized carbons (Fsp3) is 0.714. The fourth-order valence-electron chi connectivity index (χ4n) is 2.39. The molecule has 1 atom stereocenters. The van der Waals surface area contributed by atoms with Crippen molar-refractivity contribution in [3.05, 3.63) is 21.1 Å². The van der Waals surface area contributed by atoms with Crippen LogP contribution in [0.1, 0.15) is 60.8 Å². The van der Waals surface area contributed by atoms with E-state index in [4.69, 9.17) is 0 Å². The van der Waals surface area contributed by atoms with Gasteiger partial charge < -0.3 is 0 Å². The van der Waals surface area contributed by atoms with Gasteiger partial charge in [0.15, 0.2) is 0 Å². The molecule has 0 amide bonds. The summed E-state index contributed by atoms with van der Waals surface area (Å²) in [6.07, 6.45) is 8.31. The van der Waals surface area contributed by atoms with Gasteiger partial charge in [0.1, 0.15) is 5.82 Å². The molecule has 0 saturated heterocycles. The van der Waals surface area contributed by atoms with Crippen molar-refractivity contribution < 1.29 is 8.60 Å². The molecule has 0 saturated carbocycles. The Labute approximate surface area is 115 Å². The highest BCUT2D eigenvalue weighted by Gasteiger charge is 2.26. The molecule has 0 fully saturated rings. The Kier molecular flexibility index (Phi) is 5.37. The second kappa shape index (κ2) is 6.80. The lowest BCUT2D eigenvalue weighted by Crippen LogP contribution is -1.91. The Morgan fingerprint density at radius 3 is 2.61 bits per heavy atom. The van der Waals surface area contributed by atoms with Crippen LogP contribution in [-0.2, 0) is 28.7 Å². The second-order valence-corrected chi connectivity index (χ2v) is 7.63. The highest BCUT2D eigenvalue weighted by molar-refractivity contribution is 7.84. The molecule has 2 heterocycles. The first-order chi connectivity index (χ1) is 8.72. The lowest BCUT2D eigenvalue weighted by atomic mass is 10.1. The van der Waals surface area contributed by atoms with Crippen LogP contribution in [0.3, 0.4) is 0 Å². The molecule has 1 aliphatic heterocycles. The average molecular weight is 288 g/mol. The van der Waals surface area contributed by atoms with Gasteiger partial charge in [-0.15, -0.1) is 11.3 Å². The molecule has 0 N–H and O–H groups in total. The van der Waals surface area contributed by atoms with Crippen LogP contribution in [0.5, 0.6) is 0 Å². The molecule has 102 valence electrons. The van der Waals surface area contributed by atoms with E-state index < -0.39 is 10.8 Å². The number of fused-ring (bicyclic) bond motifs is 1. The van der Waals surface area contributed by atoms with Crippen LogP contribution in [0.15, 0.2) is 0 Å². The average Bonchev–Trinajstić information content (AvgIpc) is 2.83. The first kappa shape index (κ1) is 14.2. The van der Waals surface area contributed by atoms with Gasteiger partial charge in [0.2, 0.25) is 0 Å². The number of halogens is 1. The Bertz CT molecular complexity index is 426. The standard InChI is InChI=1S/C14H21FOS2/c1-2-3-4-5-6-7-8-12-14(15)11-9-18(16)10-13(11)17-12/h2-10H2,1H3. The minimum atomic E-state index is -0.847. The third kappa shape index (κ3) is 3.41. The Balaban J connectivity index is 1.77. The summed E-state index contributed by atoms with van der Waals surface area (Å²) in [7, 11) is -0.847. The zero-order chi connectivity index (χ0) is 13.0. The quantitative estimate of drug-likeness (QED) is 0.673. The van der Waals surface area contributed by atoms with Crippen LogP contribution < -0.4 is 0 Å². The van der Waals surface area contributed by atoms with Crippen LogP contribution in [0, 0.1) is 5.82 Å². The van der Waals surface area contributed by atoms with Gasteiger partial charge in [-0.25, -0.2) is 4.39 Å². The van der Waals surface area contributed by atoms with Crippen molar-refractivity contribution in [2.24, 2.45) is 0 Å². The topological polar surface area (TPSA) is 17.1 Å². The Morgan fingerprint density at radius 2 is 1.89 bits per heavy atom. The molecule has 0 radical (unpaired) electrons. The van der Waals surface area contributed by atoms with E-state index in [9.17, 15) is 8.60 Å². The second-order valence-electron chi connectivity index (χ2n) is 4.99. The summed E-state index contributed by atoms with van der Waals surface area (Å²) >= 11 is 1.55. The first-order valence-corrected chi connectivity index (χ1v) is 9.16. The zero-order valence-corrected chi connectivity index (χ0v) is 12.6. The number of aryl methyl sites for hydroxylation is 1. The normalized spacial score (nSPS) is 18.2. The van der Waals surface area contributed by atoms with E-state index in [0.717, 1.165) is 28.2 Å². The Hall–Kier alpha value is -0.220. The van der Waals surface area contributed by atoms with Crippen LogP contribution in [0.2, 0.25) is 0 Å². The molecule has 1 aromatic rings. The zero-order valence-electron chi connectivity index (χ0n) is 11.0. The monoisotopic (exact) mass is 288 g/mol. The molecule has 0 spiro atoms. The van der Waals surface area contributed by atoms with Gasteiger partial charge in [0.25, 0.3) is 0 Å². The van der Waals surface area contributed by atoms with Gasteiger partial charge in [0.05, 0.1) is 11.5 Å². The number of hydrogen-bond donors (Lipinski definition) is 0. The smallest absolute Gasteiger partial charge is 0.141 e. The molecule has 18 heavy (non-hydrogen) atoms. The van der Waals surface area contributed by atoms with Crippen molar-refractivity contribution in [2.75, 3.05) is 0 Å². The fourth-order valence-corrected chi connectivity index (χ4v) is 5.35. The van der Waals surface area contributed by atoms with Crippen molar-refractivity contribution in [3.8, 4) is 0 Å². The third-order valence-electron chi connectivity index (χ3n) is 3.45. The minimum absolute atomic E-state index is 0.0468. The highest BCUT2D eigenvalue weighted by Crippen LogP contribution is 2.35. The summed E-state index contributed by atoms with van der Waals surface area (Å²) in [5.74, 6) is 0.969. The lowest BCUT2D eigenvalue weighted by Gasteiger charge is -2.00. The van der Waals surface area contributed by atoms with Gasteiger partial charge in [-0.2, -0.15) is 0 Å². The van der Waals surface area contributed by atoms with E-state index in [1.807, 2.05) is 0 Å². The number of thiophene rings is 1. The molecule has 0 aliphatic carbocycles. The van der Waals surface area contributed by atoms with E-state index in [1.165, 1.54) is 32.1 Å². The SMILES string of the molecule is CCCCCCCCc1sc2c(c1F)CS(=O)C2. The molecule has 1 aliphatic rings. The van der Waals surface area contributed by atoms with E-state index in [1.54, 1.807) is 11.3 Å². The molecular weight excluding hydrogens is 267 g/mol. The van der Waals surface area contributed by atoms with Crippen molar-refractivity contribution in [3.63, 3.8) is 0 Å². The molecule has 1 unspecified atom stereocenters. The summed E-state index contributed by atoms with van der Waals surface area (Å²) < 4.78 is 25.3. The first-order valence-electron chi connectivity index (χ1n) is 6.86. The molecular formula is C14H21FOS2. The van der Waals surface area contributed by atoms with Gasteiger partial charge in [-0.05, 0) is 12.8 Å². The maximum atomic E-state index is 14.0. The van der Waals surface area contributed by atoms with Gasteiger partial charge in [0, 0.05) is 26.1 Å². The largest absolute Gasteiger partial charge is 0.259 e. The summed E-state index contributed by atoms with van der Waals surface area (Å²) in [5.41, 5.74) is 0.749. The van der Waals surface area contributed by atoms with Gasteiger partial charge in [-0.1, -0.05) is 39.0 Å². The summed E-state index contributed by atoms with van der Waals surface area (Å²) in [5, 5.41) is 0. The Morgan fingerprint density at radius 1 is 1.17 bits per heavy atom. The molecule has 0 bridgehead atoms. The van der Waals surface area contributed by atoms with Crippen LogP contribution in [0.4, 0.5) is 4.39 Å². The molecule has 4 heteroatoms. The van der Waals surface area contributed by atoms with Crippen molar-refractivity contribution in [1.29, 1.82) is 0 Å². The molecule has 0 aromatic carbocycles. The van der Waals surface area contributed by atoms with E-state index in [0.29, 0.717) is 11.5 Å². The van der Waals surface area contributed by atoms with Crippen molar-refractivity contribution in [2.45, 2.75) is 63.4 Å². The number of unbranched alkanes of at least 4 members (excludes halogenated alkanes) is 5. The maximum Gasteiger partial charge on any atom is 0.141 e. The van der Waals surface area contributed by atoms with Crippen LogP contribution in [0.25, 0.3) is 0 Å². The van der Waals surface area contributed by atoms with Gasteiger partial charge >= 0.3 is 0 Å². The van der Waals surface area contributed by atoms with E-state index in [2.05, 4.69) is 6.92 Å². The predicted octanol–water partition coefficient (Wildman–Crippen LogP) is 4.55. The summed E-state index contributed by atoms with van der Waals surface area (Å²) in [4.78, 5) is 1.93. The van der Waals surface area contributed by atoms with E-state index >= 15 is 0 Å². The van der Waals surface area contributed by atoms with Crippen LogP contribution in [-0.4, -0.2) is 4.21 Å². The van der Waals surface area contributed by atoms with Crippen molar-refractivity contribution in [1.82, 2.24) is 0 Å². The highest BCUT2D eigenvalue weighted by atomic mass is 32.2. The minimum Gasteiger partial charge on any atom is -0.259 e. The maximum absolute atomic E-state index is 14.0. The molecule has 1 nitrogen and oxygen atoms in total. The summed E-state index contributed by atoms with van der Waals surface area (Å²) in [6, 6.07) is 0. The number of hydrogen-bond acceptors (Lipinski definition) is 2. The van der Waals surface area contributed by atoms with Crippen LogP contribution >= 0.6 is 11.3 Å². The number of rotatable bonds is 7. The van der Waals surface area contributed by atoms with Crippen molar-refractivity contribution >= 4 is 22.1 Å². The molecule has 2 rings (SSSR count). The molecule has 1 aromatic heterocycles. The lowest BCUT2D eigenvalue weighted by molar-refractivity contribution is 0.583. The van der Waals surface area contributed by atoms with E-state index in [-0.39, 0.29) is 5.82 Å². The third-order valence-corrected chi connectivity index (χ3v) is 6.12. The summed E-state index contributed by atoms with van der Waals surface area (Å²) in [6.45, 7) is 2.21. The predicted molar refractivity (Wildman–Crippen MR) is 76.9 cm³/mol.